The molecular weight excluding hydrogens is 272 g/mol. The second kappa shape index (κ2) is 4.61. The van der Waals surface area contributed by atoms with Gasteiger partial charge >= 0.3 is 0 Å². The van der Waals surface area contributed by atoms with Gasteiger partial charge in [0.05, 0.1) is 11.2 Å². The van der Waals surface area contributed by atoms with E-state index in [4.69, 9.17) is 4.74 Å². The van der Waals surface area contributed by atoms with Gasteiger partial charge in [-0.3, -0.25) is 4.79 Å². The number of fused-ring (bicyclic) bond motifs is 1. The summed E-state index contributed by atoms with van der Waals surface area (Å²) in [7, 11) is 0. The second-order valence-electron chi connectivity index (χ2n) is 8.48. The van der Waals surface area contributed by atoms with E-state index in [0.29, 0.717) is 17.6 Å². The molecule has 3 saturated carbocycles. The first-order valence-electron chi connectivity index (χ1n) is 9.72. The highest BCUT2D eigenvalue weighted by Crippen LogP contribution is 2.70. The van der Waals surface area contributed by atoms with Gasteiger partial charge in [-0.15, -0.1) is 0 Å². The maximum absolute atomic E-state index is 13.3. The highest BCUT2D eigenvalue weighted by atomic mass is 16.5. The van der Waals surface area contributed by atoms with Crippen molar-refractivity contribution in [2.24, 2.45) is 17.3 Å². The Balaban J connectivity index is 1.70. The fraction of sp³-hybridized carbons (Fsp3) is 0.850. The molecule has 0 aromatic heterocycles. The molecule has 0 amide bonds. The third-order valence-corrected chi connectivity index (χ3v) is 7.79. The third kappa shape index (κ3) is 1.45. The molecule has 4 unspecified atom stereocenters. The van der Waals surface area contributed by atoms with Crippen molar-refractivity contribution in [1.29, 1.82) is 0 Å². The quantitative estimate of drug-likeness (QED) is 0.634. The van der Waals surface area contributed by atoms with Crippen molar-refractivity contribution in [2.75, 3.05) is 0 Å². The maximum Gasteiger partial charge on any atom is 0.143 e. The monoisotopic (exact) mass is 300 g/mol. The summed E-state index contributed by atoms with van der Waals surface area (Å²) in [6, 6.07) is 0. The van der Waals surface area contributed by atoms with Crippen molar-refractivity contribution >= 4 is 5.78 Å². The van der Waals surface area contributed by atoms with E-state index in [1.807, 2.05) is 0 Å². The van der Waals surface area contributed by atoms with E-state index in [9.17, 15) is 4.79 Å². The topological polar surface area (TPSA) is 26.3 Å². The molecule has 4 aliphatic carbocycles. The molecule has 22 heavy (non-hydrogen) atoms. The van der Waals surface area contributed by atoms with Gasteiger partial charge in [0.2, 0.25) is 0 Å². The van der Waals surface area contributed by atoms with Crippen LogP contribution in [0.4, 0.5) is 0 Å². The van der Waals surface area contributed by atoms with Gasteiger partial charge in [0.15, 0.2) is 0 Å². The molecule has 1 aliphatic heterocycles. The normalized spacial score (nSPS) is 47.2. The lowest BCUT2D eigenvalue weighted by atomic mass is 9.54. The molecule has 0 saturated heterocycles. The fourth-order valence-electron chi connectivity index (χ4n) is 7.03. The summed E-state index contributed by atoms with van der Waals surface area (Å²) in [5, 5.41) is 0. The molecule has 2 heteroatoms. The lowest BCUT2D eigenvalue weighted by Crippen LogP contribution is -2.60. The first-order valence-corrected chi connectivity index (χ1v) is 9.72. The fourth-order valence-corrected chi connectivity index (χ4v) is 7.03. The van der Waals surface area contributed by atoms with Crippen molar-refractivity contribution in [3.63, 3.8) is 0 Å². The smallest absolute Gasteiger partial charge is 0.143 e. The average Bonchev–Trinajstić information content (AvgIpc) is 2.72. The predicted octanol–water partition coefficient (Wildman–Crippen LogP) is 4.92. The van der Waals surface area contributed by atoms with Crippen LogP contribution in [0.25, 0.3) is 0 Å². The van der Waals surface area contributed by atoms with E-state index < -0.39 is 0 Å². The second-order valence-corrected chi connectivity index (χ2v) is 8.48. The number of Topliss-reactive ketones (excluding diaryl/α,β-unsaturated/α-hetero) is 1. The summed E-state index contributed by atoms with van der Waals surface area (Å²) in [6.07, 6.45) is 15.5. The van der Waals surface area contributed by atoms with Crippen LogP contribution in [-0.4, -0.2) is 11.4 Å². The van der Waals surface area contributed by atoms with Crippen molar-refractivity contribution in [3.05, 3.63) is 11.3 Å². The molecular formula is C20H28O2. The predicted molar refractivity (Wildman–Crippen MR) is 85.3 cm³/mol. The van der Waals surface area contributed by atoms with Gasteiger partial charge in [0.25, 0.3) is 0 Å². The first kappa shape index (κ1) is 13.6. The number of carbonyl (C=O) groups is 1. The average molecular weight is 300 g/mol. The van der Waals surface area contributed by atoms with Crippen LogP contribution in [0, 0.1) is 17.3 Å². The minimum atomic E-state index is -0.119. The lowest BCUT2D eigenvalue weighted by molar-refractivity contribution is -0.179. The van der Waals surface area contributed by atoms with E-state index in [1.54, 1.807) is 5.57 Å². The van der Waals surface area contributed by atoms with Gasteiger partial charge in [0.1, 0.15) is 11.4 Å². The number of rotatable bonds is 0. The molecule has 2 spiro atoms. The van der Waals surface area contributed by atoms with Crippen LogP contribution in [0.2, 0.25) is 0 Å². The van der Waals surface area contributed by atoms with Crippen molar-refractivity contribution < 1.29 is 9.53 Å². The number of hydrogen-bond acceptors (Lipinski definition) is 2. The zero-order valence-corrected chi connectivity index (χ0v) is 13.7. The standard InChI is InChI=1S/C20H28O2/c21-18-10-4-5-11-19(18)16-13-14-7-3-6-12-20(14,19)22-17-9-2-1-8-15(16)17/h14,16H,1-13H2. The van der Waals surface area contributed by atoms with Gasteiger partial charge in [-0.1, -0.05) is 12.8 Å². The largest absolute Gasteiger partial charge is 0.490 e. The van der Waals surface area contributed by atoms with Crippen LogP contribution in [0.5, 0.6) is 0 Å². The Morgan fingerprint density at radius 2 is 1.73 bits per heavy atom. The van der Waals surface area contributed by atoms with Crippen molar-refractivity contribution in [1.82, 2.24) is 0 Å². The molecule has 0 aromatic carbocycles. The summed E-state index contributed by atoms with van der Waals surface area (Å²) in [5.74, 6) is 3.11. The number of hydrogen-bond donors (Lipinski definition) is 0. The van der Waals surface area contributed by atoms with Crippen LogP contribution in [0.15, 0.2) is 11.3 Å². The van der Waals surface area contributed by atoms with E-state index >= 15 is 0 Å². The Morgan fingerprint density at radius 3 is 2.64 bits per heavy atom. The molecule has 5 aliphatic rings. The van der Waals surface area contributed by atoms with Gasteiger partial charge in [-0.05, 0) is 63.4 Å². The molecule has 5 rings (SSSR count). The van der Waals surface area contributed by atoms with Crippen LogP contribution < -0.4 is 0 Å². The van der Waals surface area contributed by atoms with E-state index in [0.717, 1.165) is 32.1 Å². The lowest BCUT2D eigenvalue weighted by Gasteiger charge is -2.56. The molecule has 0 aromatic rings. The molecule has 3 fully saturated rings. The summed E-state index contributed by atoms with van der Waals surface area (Å²) in [6.45, 7) is 0. The zero-order valence-electron chi connectivity index (χ0n) is 13.7. The van der Waals surface area contributed by atoms with Crippen molar-refractivity contribution in [3.8, 4) is 0 Å². The SMILES string of the molecule is O=C1CCCCC12C1CC3CCCCC32OC2=C1CCCC2. The molecule has 120 valence electrons. The Morgan fingerprint density at radius 1 is 0.909 bits per heavy atom. The summed E-state index contributed by atoms with van der Waals surface area (Å²) >= 11 is 0. The van der Waals surface area contributed by atoms with E-state index in [1.165, 1.54) is 57.1 Å². The minimum Gasteiger partial charge on any atom is -0.490 e. The molecule has 2 bridgehead atoms. The van der Waals surface area contributed by atoms with Gasteiger partial charge < -0.3 is 4.74 Å². The van der Waals surface area contributed by atoms with Crippen LogP contribution in [0.1, 0.15) is 83.5 Å². The third-order valence-electron chi connectivity index (χ3n) is 7.79. The highest BCUT2D eigenvalue weighted by molar-refractivity contribution is 5.88. The number of ketones is 1. The number of allylic oxidation sites excluding steroid dienone is 2. The molecule has 1 heterocycles. The van der Waals surface area contributed by atoms with Gasteiger partial charge in [-0.2, -0.15) is 0 Å². The Labute approximate surface area is 133 Å². The van der Waals surface area contributed by atoms with Crippen LogP contribution in [0.3, 0.4) is 0 Å². The molecule has 0 radical (unpaired) electrons. The number of carbonyl (C=O) groups excluding carboxylic acids is 1. The van der Waals surface area contributed by atoms with Crippen LogP contribution in [-0.2, 0) is 9.53 Å². The zero-order chi connectivity index (χ0) is 14.8. The van der Waals surface area contributed by atoms with Crippen LogP contribution >= 0.6 is 0 Å². The highest BCUT2D eigenvalue weighted by Gasteiger charge is 2.72. The molecule has 0 N–H and O–H groups in total. The Bertz CT molecular complexity index is 548. The van der Waals surface area contributed by atoms with Crippen molar-refractivity contribution in [2.45, 2.75) is 89.1 Å². The Hall–Kier alpha value is -0.790. The van der Waals surface area contributed by atoms with Gasteiger partial charge in [-0.25, -0.2) is 0 Å². The van der Waals surface area contributed by atoms with E-state index in [-0.39, 0.29) is 11.0 Å². The minimum absolute atomic E-state index is 0.0937. The molecule has 4 atom stereocenters. The van der Waals surface area contributed by atoms with Gasteiger partial charge in [0, 0.05) is 24.7 Å². The summed E-state index contributed by atoms with van der Waals surface area (Å²) < 4.78 is 6.90. The first-order chi connectivity index (χ1) is 10.8. The summed E-state index contributed by atoms with van der Waals surface area (Å²) in [4.78, 5) is 13.3. The van der Waals surface area contributed by atoms with E-state index in [2.05, 4.69) is 0 Å². The number of ether oxygens (including phenoxy) is 1. The summed E-state index contributed by atoms with van der Waals surface area (Å²) in [5.41, 5.74) is 1.37. The maximum atomic E-state index is 13.3. The Kier molecular flexibility index (Phi) is 2.86. The molecule has 2 nitrogen and oxygen atoms in total.